The molecule has 0 aromatic carbocycles. The van der Waals surface area contributed by atoms with Crippen LogP contribution in [0.2, 0.25) is 0 Å². The number of carbonyl (C=O) groups excluding carboxylic acids is 1. The van der Waals surface area contributed by atoms with Gasteiger partial charge in [0.25, 0.3) is 0 Å². The minimum atomic E-state index is -1.39. The van der Waals surface area contributed by atoms with E-state index >= 15 is 0 Å². The zero-order valence-corrected chi connectivity index (χ0v) is 28.7. The van der Waals surface area contributed by atoms with Gasteiger partial charge in [0.05, 0.1) is 43.5 Å². The molecule has 0 aromatic heterocycles. The summed E-state index contributed by atoms with van der Waals surface area (Å²) in [4.78, 5) is 12.9. The van der Waals surface area contributed by atoms with Crippen molar-refractivity contribution < 1.29 is 63.9 Å². The smallest absolute Gasteiger partial charge is 0.249 e. The molecule has 4 rings (SSSR count). The molecule has 1 amide bonds. The molecule has 3 saturated heterocycles. The normalized spacial score (nSPS) is 43.1. The van der Waals surface area contributed by atoms with Crippen molar-refractivity contribution in [2.75, 3.05) is 32.8 Å². The van der Waals surface area contributed by atoms with Gasteiger partial charge in [-0.05, 0) is 25.7 Å². The minimum absolute atomic E-state index is 0.0136. The van der Waals surface area contributed by atoms with E-state index in [1.165, 1.54) is 0 Å². The van der Waals surface area contributed by atoms with Crippen LogP contribution < -0.4 is 33.6 Å². The molecule has 292 valence electrons. The highest BCUT2D eigenvalue weighted by atomic mass is 16.7. The standard InChI is InChI=1S/C31H60N6O13/c1-2-3-4-18(40)29(44)37-17-9-16(34)27(50-30-15(33)6-5-14(45-30)12-36-7-8-38)28(24(17)41)49-22-10-19(21(13-39)46-22)47-31-23(35)26(43)25(42)20(11-32)48-31/h14-28,30-31,36,38-43H,2-13,32-35H2,1H3,(H,37,44). The van der Waals surface area contributed by atoms with Crippen LogP contribution in [0.15, 0.2) is 0 Å². The first kappa shape index (κ1) is 41.5. The zero-order valence-electron chi connectivity index (χ0n) is 28.7. The van der Waals surface area contributed by atoms with Gasteiger partial charge in [0.1, 0.15) is 48.8 Å². The van der Waals surface area contributed by atoms with Gasteiger partial charge in [-0.3, -0.25) is 4.79 Å². The van der Waals surface area contributed by atoms with Crippen LogP contribution in [0.3, 0.4) is 0 Å². The van der Waals surface area contributed by atoms with Gasteiger partial charge in [-0.15, -0.1) is 0 Å². The van der Waals surface area contributed by atoms with Crippen molar-refractivity contribution in [2.24, 2.45) is 22.9 Å². The van der Waals surface area contributed by atoms with Crippen LogP contribution in [0.25, 0.3) is 0 Å². The van der Waals surface area contributed by atoms with Crippen molar-refractivity contribution in [2.45, 2.75) is 156 Å². The number of aliphatic hydroxyl groups is 6. The molecule has 16 N–H and O–H groups in total. The third-order valence-corrected chi connectivity index (χ3v) is 9.88. The Hall–Kier alpha value is -1.21. The first-order chi connectivity index (χ1) is 23.9. The van der Waals surface area contributed by atoms with Crippen molar-refractivity contribution in [1.29, 1.82) is 0 Å². The lowest BCUT2D eigenvalue weighted by atomic mass is 9.83. The minimum Gasteiger partial charge on any atom is -0.395 e. The molecule has 0 radical (unpaired) electrons. The summed E-state index contributed by atoms with van der Waals surface area (Å²) in [6.07, 6.45) is -10.8. The lowest BCUT2D eigenvalue weighted by Gasteiger charge is -2.46. The molecule has 19 heteroatoms. The highest BCUT2D eigenvalue weighted by molar-refractivity contribution is 5.80. The van der Waals surface area contributed by atoms with E-state index in [0.29, 0.717) is 32.4 Å². The highest BCUT2D eigenvalue weighted by Crippen LogP contribution is 2.34. The molecule has 4 aliphatic rings. The Morgan fingerprint density at radius 2 is 1.66 bits per heavy atom. The van der Waals surface area contributed by atoms with Gasteiger partial charge in [0, 0.05) is 32.1 Å². The van der Waals surface area contributed by atoms with E-state index in [9.17, 15) is 30.3 Å². The first-order valence-electron chi connectivity index (χ1n) is 17.8. The summed E-state index contributed by atoms with van der Waals surface area (Å²) in [6, 6.07) is -3.39. The number of unbranched alkanes of at least 4 members (excludes halogenated alkanes) is 1. The van der Waals surface area contributed by atoms with Crippen LogP contribution in [0.5, 0.6) is 0 Å². The topological polar surface area (TPSA) is 322 Å². The molecule has 0 aromatic rings. The second-order valence-electron chi connectivity index (χ2n) is 13.7. The van der Waals surface area contributed by atoms with Crippen molar-refractivity contribution in [3.63, 3.8) is 0 Å². The van der Waals surface area contributed by atoms with Crippen LogP contribution in [0.4, 0.5) is 0 Å². The Balaban J connectivity index is 1.50. The molecule has 4 fully saturated rings. The molecular weight excluding hydrogens is 664 g/mol. The van der Waals surface area contributed by atoms with Gasteiger partial charge in [0.2, 0.25) is 5.91 Å². The summed E-state index contributed by atoms with van der Waals surface area (Å²) in [6.45, 7) is 2.16. The molecule has 3 heterocycles. The molecule has 0 spiro atoms. The van der Waals surface area contributed by atoms with E-state index < -0.39 is 110 Å². The van der Waals surface area contributed by atoms with E-state index in [0.717, 1.165) is 6.42 Å². The predicted molar refractivity (Wildman–Crippen MR) is 175 cm³/mol. The number of aliphatic hydroxyl groups excluding tert-OH is 6. The van der Waals surface area contributed by atoms with E-state index in [-0.39, 0.29) is 38.5 Å². The number of hydrogen-bond donors (Lipinski definition) is 12. The lowest BCUT2D eigenvalue weighted by molar-refractivity contribution is -0.282. The summed E-state index contributed by atoms with van der Waals surface area (Å²) in [5.74, 6) is -0.651. The molecule has 17 unspecified atom stereocenters. The van der Waals surface area contributed by atoms with E-state index in [1.54, 1.807) is 0 Å². The number of amides is 1. The van der Waals surface area contributed by atoms with Crippen molar-refractivity contribution in [3.05, 3.63) is 0 Å². The average molecular weight is 725 g/mol. The SMILES string of the molecule is CCCCC(O)C(=O)NC1CC(N)C(OC2OC(CNCCO)CCC2N)C(OC2CC(OC3OC(CN)C(O)C(O)C3N)C(CO)O2)C1O. The monoisotopic (exact) mass is 724 g/mol. The third-order valence-electron chi connectivity index (χ3n) is 9.88. The van der Waals surface area contributed by atoms with E-state index in [4.69, 9.17) is 56.5 Å². The third kappa shape index (κ3) is 10.5. The maximum absolute atomic E-state index is 12.9. The molecule has 19 nitrogen and oxygen atoms in total. The lowest BCUT2D eigenvalue weighted by Crippen LogP contribution is -2.66. The number of nitrogens with two attached hydrogens (primary N) is 4. The Labute approximate surface area is 292 Å². The number of carbonyl (C=O) groups is 1. The molecule has 0 bridgehead atoms. The fraction of sp³-hybridized carbons (Fsp3) is 0.968. The van der Waals surface area contributed by atoms with Gasteiger partial charge in [-0.25, -0.2) is 0 Å². The fourth-order valence-electron chi connectivity index (χ4n) is 6.86. The second-order valence-corrected chi connectivity index (χ2v) is 13.7. The Morgan fingerprint density at radius 3 is 2.34 bits per heavy atom. The quantitative estimate of drug-likeness (QED) is 0.0623. The van der Waals surface area contributed by atoms with Gasteiger partial charge in [0.15, 0.2) is 18.9 Å². The highest BCUT2D eigenvalue weighted by Gasteiger charge is 2.51. The predicted octanol–water partition coefficient (Wildman–Crippen LogP) is -5.48. The van der Waals surface area contributed by atoms with Gasteiger partial charge in [-0.2, -0.15) is 0 Å². The zero-order chi connectivity index (χ0) is 36.5. The average Bonchev–Trinajstić information content (AvgIpc) is 3.49. The molecule has 17 atom stereocenters. The fourth-order valence-corrected chi connectivity index (χ4v) is 6.86. The number of rotatable bonds is 17. The Morgan fingerprint density at radius 1 is 0.900 bits per heavy atom. The Bertz CT molecular complexity index is 1020. The van der Waals surface area contributed by atoms with Crippen LogP contribution >= 0.6 is 0 Å². The van der Waals surface area contributed by atoms with Gasteiger partial charge < -0.3 is 92.6 Å². The van der Waals surface area contributed by atoms with Crippen molar-refractivity contribution in [3.8, 4) is 0 Å². The van der Waals surface area contributed by atoms with Crippen LogP contribution in [0, 0.1) is 0 Å². The van der Waals surface area contributed by atoms with Crippen LogP contribution in [-0.4, -0.2) is 173 Å². The maximum atomic E-state index is 12.9. The molecule has 1 aliphatic carbocycles. The summed E-state index contributed by atoms with van der Waals surface area (Å²) >= 11 is 0. The number of hydrogen-bond acceptors (Lipinski definition) is 18. The summed E-state index contributed by atoms with van der Waals surface area (Å²) in [7, 11) is 0. The van der Waals surface area contributed by atoms with Crippen LogP contribution in [0.1, 0.15) is 51.9 Å². The van der Waals surface area contributed by atoms with E-state index in [1.807, 2.05) is 6.92 Å². The molecular formula is C31H60N6O13. The summed E-state index contributed by atoms with van der Waals surface area (Å²) < 4.78 is 36.6. The van der Waals surface area contributed by atoms with Crippen LogP contribution in [-0.2, 0) is 33.2 Å². The second kappa shape index (κ2) is 19.7. The maximum Gasteiger partial charge on any atom is 0.249 e. The van der Waals surface area contributed by atoms with E-state index in [2.05, 4.69) is 10.6 Å². The largest absolute Gasteiger partial charge is 0.395 e. The summed E-state index contributed by atoms with van der Waals surface area (Å²) in [5, 5.41) is 67.8. The summed E-state index contributed by atoms with van der Waals surface area (Å²) in [5.41, 5.74) is 24.8. The van der Waals surface area contributed by atoms with Gasteiger partial charge in [-0.1, -0.05) is 19.8 Å². The molecule has 50 heavy (non-hydrogen) atoms. The van der Waals surface area contributed by atoms with Crippen molar-refractivity contribution in [1.82, 2.24) is 10.6 Å². The number of ether oxygens (including phenoxy) is 6. The van der Waals surface area contributed by atoms with Crippen molar-refractivity contribution >= 4 is 5.91 Å². The van der Waals surface area contributed by atoms with Gasteiger partial charge >= 0.3 is 0 Å². The first-order valence-corrected chi connectivity index (χ1v) is 17.8. The molecule has 3 aliphatic heterocycles. The number of nitrogens with one attached hydrogen (secondary N) is 2. The molecule has 1 saturated carbocycles. The Kier molecular flexibility index (Phi) is 16.4.